The Balaban J connectivity index is 1.86. The number of anilines is 2. The van der Waals surface area contributed by atoms with Crippen LogP contribution < -0.4 is 5.32 Å². The molecule has 0 spiro atoms. The molecule has 0 aliphatic rings. The average molecular weight is 301 g/mol. The highest BCUT2D eigenvalue weighted by Crippen LogP contribution is 2.20. The van der Waals surface area contributed by atoms with E-state index in [-0.39, 0.29) is 0 Å². The van der Waals surface area contributed by atoms with E-state index in [4.69, 9.17) is 11.6 Å². The number of nitrogens with one attached hydrogen (secondary N) is 2. The van der Waals surface area contributed by atoms with Crippen LogP contribution in [0.25, 0.3) is 11.4 Å². The van der Waals surface area contributed by atoms with Crippen molar-refractivity contribution in [1.82, 2.24) is 25.4 Å². The van der Waals surface area contributed by atoms with Gasteiger partial charge in [-0.2, -0.15) is 10.2 Å². The molecule has 7 heteroatoms. The molecule has 0 fully saturated rings. The Bertz CT molecular complexity index is 754. The van der Waals surface area contributed by atoms with Gasteiger partial charge in [0, 0.05) is 22.3 Å². The standard InChI is InChI=1S/C14H13ClN6/c1-2-11-7-12(20-19-11)17-13-8-16-21-14(18-13)9-4-3-5-10(15)6-9/h3-8H,2H2,1H3,(H2,17,18,19,20,21). The minimum atomic E-state index is 0.508. The maximum Gasteiger partial charge on any atom is 0.183 e. The summed E-state index contributed by atoms with van der Waals surface area (Å²) in [6.45, 7) is 2.06. The van der Waals surface area contributed by atoms with Gasteiger partial charge in [-0.05, 0) is 18.6 Å². The summed E-state index contributed by atoms with van der Waals surface area (Å²) in [5.41, 5.74) is 1.87. The van der Waals surface area contributed by atoms with Crippen molar-refractivity contribution >= 4 is 23.2 Å². The van der Waals surface area contributed by atoms with Crippen LogP contribution in [0.1, 0.15) is 12.6 Å². The van der Waals surface area contributed by atoms with Gasteiger partial charge in [-0.1, -0.05) is 30.7 Å². The van der Waals surface area contributed by atoms with Crippen LogP contribution in [0, 0.1) is 0 Å². The Hall–Kier alpha value is -2.47. The van der Waals surface area contributed by atoms with Gasteiger partial charge in [-0.15, -0.1) is 5.10 Å². The van der Waals surface area contributed by atoms with Crippen molar-refractivity contribution in [1.29, 1.82) is 0 Å². The number of aromatic amines is 1. The van der Waals surface area contributed by atoms with Crippen LogP contribution in [0.2, 0.25) is 5.02 Å². The van der Waals surface area contributed by atoms with Gasteiger partial charge in [-0.25, -0.2) is 4.98 Å². The lowest BCUT2D eigenvalue weighted by Gasteiger charge is -2.03. The van der Waals surface area contributed by atoms with E-state index in [0.717, 1.165) is 17.7 Å². The van der Waals surface area contributed by atoms with Crippen LogP contribution in [-0.2, 0) is 6.42 Å². The molecular formula is C14H13ClN6. The quantitative estimate of drug-likeness (QED) is 0.773. The monoisotopic (exact) mass is 300 g/mol. The molecule has 0 aliphatic heterocycles. The fourth-order valence-corrected chi connectivity index (χ4v) is 2.04. The second-order valence-electron chi connectivity index (χ2n) is 4.43. The van der Waals surface area contributed by atoms with E-state index >= 15 is 0 Å². The first-order chi connectivity index (χ1) is 10.2. The van der Waals surface area contributed by atoms with Gasteiger partial charge in [-0.3, -0.25) is 5.10 Å². The maximum atomic E-state index is 5.98. The predicted molar refractivity (Wildman–Crippen MR) is 81.5 cm³/mol. The molecule has 0 unspecified atom stereocenters. The lowest BCUT2D eigenvalue weighted by atomic mass is 10.2. The molecule has 0 radical (unpaired) electrons. The lowest BCUT2D eigenvalue weighted by molar-refractivity contribution is 0.968. The van der Waals surface area contributed by atoms with Crippen LogP contribution in [0.15, 0.2) is 36.5 Å². The van der Waals surface area contributed by atoms with Crippen LogP contribution in [0.3, 0.4) is 0 Å². The average Bonchev–Trinajstić information content (AvgIpc) is 2.95. The molecule has 0 bridgehead atoms. The van der Waals surface area contributed by atoms with Crippen molar-refractivity contribution in [3.63, 3.8) is 0 Å². The molecule has 106 valence electrons. The zero-order valence-corrected chi connectivity index (χ0v) is 12.1. The molecule has 6 nitrogen and oxygen atoms in total. The van der Waals surface area contributed by atoms with E-state index in [1.54, 1.807) is 18.3 Å². The Morgan fingerprint density at radius 3 is 2.90 bits per heavy atom. The van der Waals surface area contributed by atoms with E-state index < -0.39 is 0 Å². The number of aromatic nitrogens is 5. The largest absolute Gasteiger partial charge is 0.322 e. The second-order valence-corrected chi connectivity index (χ2v) is 4.87. The highest BCUT2D eigenvalue weighted by Gasteiger charge is 2.06. The van der Waals surface area contributed by atoms with Crippen LogP contribution in [0.5, 0.6) is 0 Å². The summed E-state index contributed by atoms with van der Waals surface area (Å²) in [6.07, 6.45) is 2.44. The van der Waals surface area contributed by atoms with Gasteiger partial charge in [0.05, 0.1) is 6.20 Å². The topological polar surface area (TPSA) is 79.4 Å². The highest BCUT2D eigenvalue weighted by molar-refractivity contribution is 6.30. The number of aryl methyl sites for hydroxylation is 1. The lowest BCUT2D eigenvalue weighted by Crippen LogP contribution is -1.99. The van der Waals surface area contributed by atoms with E-state index in [9.17, 15) is 0 Å². The van der Waals surface area contributed by atoms with Gasteiger partial charge in [0.25, 0.3) is 0 Å². The predicted octanol–water partition coefficient (Wildman–Crippen LogP) is 3.22. The summed E-state index contributed by atoms with van der Waals surface area (Å²) in [7, 11) is 0. The van der Waals surface area contributed by atoms with Gasteiger partial charge < -0.3 is 5.32 Å². The van der Waals surface area contributed by atoms with Crippen LogP contribution in [0.4, 0.5) is 11.6 Å². The smallest absolute Gasteiger partial charge is 0.183 e. The van der Waals surface area contributed by atoms with Crippen molar-refractivity contribution in [2.45, 2.75) is 13.3 Å². The zero-order valence-electron chi connectivity index (χ0n) is 11.3. The zero-order chi connectivity index (χ0) is 14.7. The minimum Gasteiger partial charge on any atom is -0.322 e. The van der Waals surface area contributed by atoms with Crippen molar-refractivity contribution in [3.8, 4) is 11.4 Å². The third kappa shape index (κ3) is 3.17. The van der Waals surface area contributed by atoms with Crippen LogP contribution >= 0.6 is 11.6 Å². The van der Waals surface area contributed by atoms with Crippen LogP contribution in [-0.4, -0.2) is 25.4 Å². The molecule has 0 atom stereocenters. The van der Waals surface area contributed by atoms with E-state index in [1.165, 1.54) is 0 Å². The number of halogens is 1. The van der Waals surface area contributed by atoms with E-state index in [2.05, 4.69) is 37.6 Å². The van der Waals surface area contributed by atoms with Gasteiger partial charge in [0.15, 0.2) is 17.5 Å². The van der Waals surface area contributed by atoms with Gasteiger partial charge >= 0.3 is 0 Å². The molecule has 0 amide bonds. The Kier molecular flexibility index (Phi) is 3.79. The van der Waals surface area contributed by atoms with Gasteiger partial charge in [0.1, 0.15) is 0 Å². The summed E-state index contributed by atoms with van der Waals surface area (Å²) in [5, 5.41) is 18.8. The Morgan fingerprint density at radius 2 is 2.14 bits per heavy atom. The molecule has 2 N–H and O–H groups in total. The molecule has 0 saturated heterocycles. The first kappa shape index (κ1) is 13.5. The number of rotatable bonds is 4. The summed E-state index contributed by atoms with van der Waals surface area (Å²) in [5.74, 6) is 1.78. The number of benzene rings is 1. The fraction of sp³-hybridized carbons (Fsp3) is 0.143. The number of nitrogens with zero attached hydrogens (tertiary/aromatic N) is 4. The van der Waals surface area contributed by atoms with Crippen molar-refractivity contribution in [2.75, 3.05) is 5.32 Å². The molecule has 21 heavy (non-hydrogen) atoms. The van der Waals surface area contributed by atoms with Crippen molar-refractivity contribution in [3.05, 3.63) is 47.2 Å². The summed E-state index contributed by atoms with van der Waals surface area (Å²) in [6, 6.07) is 9.27. The SMILES string of the molecule is CCc1cc(Nc2cnnc(-c3cccc(Cl)c3)n2)n[nH]1. The summed E-state index contributed by atoms with van der Waals surface area (Å²) >= 11 is 5.98. The summed E-state index contributed by atoms with van der Waals surface area (Å²) < 4.78 is 0. The molecule has 2 aromatic heterocycles. The van der Waals surface area contributed by atoms with Crippen molar-refractivity contribution < 1.29 is 0 Å². The maximum absolute atomic E-state index is 5.98. The molecule has 3 rings (SSSR count). The summed E-state index contributed by atoms with van der Waals surface area (Å²) in [4.78, 5) is 4.42. The first-order valence-electron chi connectivity index (χ1n) is 6.51. The highest BCUT2D eigenvalue weighted by atomic mass is 35.5. The third-order valence-corrected chi connectivity index (χ3v) is 3.14. The fourth-order valence-electron chi connectivity index (χ4n) is 1.85. The second kappa shape index (κ2) is 5.88. The van der Waals surface area contributed by atoms with E-state index in [0.29, 0.717) is 22.5 Å². The van der Waals surface area contributed by atoms with Crippen molar-refractivity contribution in [2.24, 2.45) is 0 Å². The Morgan fingerprint density at radius 1 is 1.24 bits per heavy atom. The molecule has 2 heterocycles. The molecule has 1 aromatic carbocycles. The van der Waals surface area contributed by atoms with Gasteiger partial charge in [0.2, 0.25) is 0 Å². The molecular weight excluding hydrogens is 288 g/mol. The third-order valence-electron chi connectivity index (χ3n) is 2.91. The number of H-pyrrole nitrogens is 1. The first-order valence-corrected chi connectivity index (χ1v) is 6.89. The minimum absolute atomic E-state index is 0.508. The number of hydrogen-bond donors (Lipinski definition) is 2. The molecule has 3 aromatic rings. The Labute approximate surface area is 126 Å². The number of hydrogen-bond acceptors (Lipinski definition) is 5. The molecule has 0 aliphatic carbocycles. The molecule has 0 saturated carbocycles. The van der Waals surface area contributed by atoms with E-state index in [1.807, 2.05) is 18.2 Å². The normalized spacial score (nSPS) is 10.6.